The SMILES string of the molecule is CN(C)S(=O)(=O)N1CCN(S(=O)(=O)c2ccc(F)cc2F)CC1. The number of rotatable bonds is 4. The molecule has 0 bridgehead atoms. The Morgan fingerprint density at radius 2 is 1.48 bits per heavy atom. The van der Waals surface area contributed by atoms with Crippen molar-refractivity contribution in [2.24, 2.45) is 0 Å². The summed E-state index contributed by atoms with van der Waals surface area (Å²) in [6, 6.07) is 2.23. The van der Waals surface area contributed by atoms with Crippen molar-refractivity contribution >= 4 is 20.2 Å². The molecule has 130 valence electrons. The zero-order valence-electron chi connectivity index (χ0n) is 12.6. The van der Waals surface area contributed by atoms with Gasteiger partial charge in [-0.2, -0.15) is 21.3 Å². The number of piperazine rings is 1. The van der Waals surface area contributed by atoms with Crippen LogP contribution >= 0.6 is 0 Å². The van der Waals surface area contributed by atoms with Gasteiger partial charge in [-0.05, 0) is 12.1 Å². The minimum Gasteiger partial charge on any atom is -0.207 e. The number of nitrogens with zero attached hydrogens (tertiary/aromatic N) is 3. The number of benzene rings is 1. The van der Waals surface area contributed by atoms with Crippen LogP contribution in [0.3, 0.4) is 0 Å². The van der Waals surface area contributed by atoms with Gasteiger partial charge in [0.1, 0.15) is 16.5 Å². The standard InChI is InChI=1S/C12H17F2N3O4S2/c1-15(2)23(20,21)17-7-5-16(6-8-17)22(18,19)12-4-3-10(13)9-11(12)14/h3-4,9H,5-8H2,1-2H3. The van der Waals surface area contributed by atoms with E-state index in [1.807, 2.05) is 0 Å². The molecule has 0 spiro atoms. The van der Waals surface area contributed by atoms with Crippen molar-refractivity contribution in [2.45, 2.75) is 4.90 Å². The van der Waals surface area contributed by atoms with Gasteiger partial charge in [-0.15, -0.1) is 0 Å². The summed E-state index contributed by atoms with van der Waals surface area (Å²) in [5.41, 5.74) is 0. The van der Waals surface area contributed by atoms with Gasteiger partial charge in [0.15, 0.2) is 0 Å². The van der Waals surface area contributed by atoms with Gasteiger partial charge in [-0.1, -0.05) is 0 Å². The Morgan fingerprint density at radius 1 is 0.957 bits per heavy atom. The average molecular weight is 369 g/mol. The third kappa shape index (κ3) is 3.53. The molecule has 0 aromatic heterocycles. The van der Waals surface area contributed by atoms with Crippen LogP contribution in [0, 0.1) is 11.6 Å². The Kier molecular flexibility index (Phi) is 5.06. The molecule has 0 radical (unpaired) electrons. The highest BCUT2D eigenvalue weighted by Gasteiger charge is 2.35. The van der Waals surface area contributed by atoms with Crippen LogP contribution in [0.5, 0.6) is 0 Å². The Balaban J connectivity index is 2.19. The lowest BCUT2D eigenvalue weighted by molar-refractivity contribution is 0.262. The largest absolute Gasteiger partial charge is 0.281 e. The molecular weight excluding hydrogens is 352 g/mol. The van der Waals surface area contributed by atoms with Gasteiger partial charge >= 0.3 is 0 Å². The topological polar surface area (TPSA) is 78.0 Å². The second-order valence-electron chi connectivity index (χ2n) is 5.17. The zero-order valence-corrected chi connectivity index (χ0v) is 14.2. The molecule has 1 fully saturated rings. The van der Waals surface area contributed by atoms with E-state index < -0.39 is 36.8 Å². The van der Waals surface area contributed by atoms with E-state index in [-0.39, 0.29) is 26.2 Å². The number of hydrogen-bond donors (Lipinski definition) is 0. The number of hydrogen-bond acceptors (Lipinski definition) is 4. The van der Waals surface area contributed by atoms with Crippen molar-refractivity contribution in [2.75, 3.05) is 40.3 Å². The van der Waals surface area contributed by atoms with Crippen LogP contribution in [0.2, 0.25) is 0 Å². The van der Waals surface area contributed by atoms with Gasteiger partial charge in [0.05, 0.1) is 0 Å². The van der Waals surface area contributed by atoms with Gasteiger partial charge in [-0.25, -0.2) is 17.2 Å². The van der Waals surface area contributed by atoms with Crippen molar-refractivity contribution in [3.8, 4) is 0 Å². The summed E-state index contributed by atoms with van der Waals surface area (Å²) >= 11 is 0. The normalized spacial score (nSPS) is 18.5. The lowest BCUT2D eigenvalue weighted by atomic mass is 10.3. The molecule has 0 saturated carbocycles. The van der Waals surface area contributed by atoms with Crippen molar-refractivity contribution in [3.05, 3.63) is 29.8 Å². The minimum atomic E-state index is -4.14. The lowest BCUT2D eigenvalue weighted by Gasteiger charge is -2.34. The predicted molar refractivity (Wildman–Crippen MR) is 79.3 cm³/mol. The van der Waals surface area contributed by atoms with E-state index in [0.717, 1.165) is 25.0 Å². The molecule has 0 aliphatic carbocycles. The molecule has 1 heterocycles. The first-order valence-corrected chi connectivity index (χ1v) is 9.53. The minimum absolute atomic E-state index is 0.0391. The van der Waals surface area contributed by atoms with E-state index in [1.165, 1.54) is 14.1 Å². The third-order valence-corrected chi connectivity index (χ3v) is 7.37. The van der Waals surface area contributed by atoms with Crippen molar-refractivity contribution in [1.29, 1.82) is 0 Å². The fourth-order valence-corrected chi connectivity index (χ4v) is 4.75. The fourth-order valence-electron chi connectivity index (χ4n) is 2.20. The molecule has 2 rings (SSSR count). The van der Waals surface area contributed by atoms with E-state index in [9.17, 15) is 25.6 Å². The Hall–Kier alpha value is -1.14. The molecule has 1 aliphatic rings. The summed E-state index contributed by atoms with van der Waals surface area (Å²) in [7, 11) is -5.01. The molecule has 0 atom stereocenters. The summed E-state index contributed by atoms with van der Waals surface area (Å²) in [6.45, 7) is -0.288. The monoisotopic (exact) mass is 369 g/mol. The fraction of sp³-hybridized carbons (Fsp3) is 0.500. The molecule has 1 saturated heterocycles. The molecule has 0 N–H and O–H groups in total. The van der Waals surface area contributed by atoms with Gasteiger partial charge in [0.25, 0.3) is 10.2 Å². The quantitative estimate of drug-likeness (QED) is 0.753. The van der Waals surface area contributed by atoms with Gasteiger partial charge in [-0.3, -0.25) is 0 Å². The van der Waals surface area contributed by atoms with Crippen LogP contribution in [0.25, 0.3) is 0 Å². The maximum Gasteiger partial charge on any atom is 0.281 e. The molecule has 1 aromatic carbocycles. The summed E-state index contributed by atoms with van der Waals surface area (Å²) in [5.74, 6) is -2.04. The smallest absolute Gasteiger partial charge is 0.207 e. The van der Waals surface area contributed by atoms with Crippen LogP contribution in [0.1, 0.15) is 0 Å². The highest BCUT2D eigenvalue weighted by Crippen LogP contribution is 2.22. The van der Waals surface area contributed by atoms with Gasteiger partial charge in [0, 0.05) is 46.3 Å². The third-order valence-electron chi connectivity index (χ3n) is 3.50. The Bertz CT molecular complexity index is 789. The van der Waals surface area contributed by atoms with Crippen LogP contribution in [-0.4, -0.2) is 70.0 Å². The van der Waals surface area contributed by atoms with E-state index in [0.29, 0.717) is 6.07 Å². The zero-order chi connectivity index (χ0) is 17.4. The van der Waals surface area contributed by atoms with Crippen molar-refractivity contribution in [3.63, 3.8) is 0 Å². The Labute approximate surface area is 134 Å². The second-order valence-corrected chi connectivity index (χ2v) is 9.22. The number of sulfonamides is 1. The van der Waals surface area contributed by atoms with E-state index in [1.54, 1.807) is 0 Å². The summed E-state index contributed by atoms with van der Waals surface area (Å²) in [6.07, 6.45) is 0. The summed E-state index contributed by atoms with van der Waals surface area (Å²) in [5, 5.41) is 0. The second kappa shape index (κ2) is 6.40. The van der Waals surface area contributed by atoms with Gasteiger partial charge in [0.2, 0.25) is 10.0 Å². The average Bonchev–Trinajstić information content (AvgIpc) is 2.46. The molecular formula is C12H17F2N3O4S2. The van der Waals surface area contributed by atoms with E-state index in [2.05, 4.69) is 0 Å². The van der Waals surface area contributed by atoms with Crippen LogP contribution < -0.4 is 0 Å². The van der Waals surface area contributed by atoms with Crippen molar-refractivity contribution < 1.29 is 25.6 Å². The first kappa shape index (κ1) is 18.2. The van der Waals surface area contributed by atoms with Crippen LogP contribution in [0.4, 0.5) is 8.78 Å². The van der Waals surface area contributed by atoms with Crippen LogP contribution in [0.15, 0.2) is 23.1 Å². The van der Waals surface area contributed by atoms with E-state index >= 15 is 0 Å². The first-order chi connectivity index (χ1) is 10.6. The maximum absolute atomic E-state index is 13.7. The highest BCUT2D eigenvalue weighted by molar-refractivity contribution is 7.89. The summed E-state index contributed by atoms with van der Waals surface area (Å²) < 4.78 is 78.6. The molecule has 0 unspecified atom stereocenters. The predicted octanol–water partition coefficient (Wildman–Crippen LogP) is 0.0775. The molecule has 23 heavy (non-hydrogen) atoms. The molecule has 0 amide bonds. The van der Waals surface area contributed by atoms with E-state index in [4.69, 9.17) is 0 Å². The molecule has 1 aromatic rings. The maximum atomic E-state index is 13.7. The lowest BCUT2D eigenvalue weighted by Crippen LogP contribution is -2.53. The Morgan fingerprint density at radius 3 is 1.96 bits per heavy atom. The highest BCUT2D eigenvalue weighted by atomic mass is 32.2. The summed E-state index contributed by atoms with van der Waals surface area (Å²) in [4.78, 5) is -0.622. The van der Waals surface area contributed by atoms with Crippen LogP contribution in [-0.2, 0) is 20.2 Å². The molecule has 1 aliphatic heterocycles. The first-order valence-electron chi connectivity index (χ1n) is 6.69. The van der Waals surface area contributed by atoms with Crippen molar-refractivity contribution in [1.82, 2.24) is 12.9 Å². The number of halogens is 2. The molecule has 11 heteroatoms. The molecule has 7 nitrogen and oxygen atoms in total. The van der Waals surface area contributed by atoms with Gasteiger partial charge < -0.3 is 0 Å².